The molecule has 0 spiro atoms. The van der Waals surface area contributed by atoms with Crippen molar-refractivity contribution in [2.45, 2.75) is 0 Å². The molecule has 1 atom stereocenters. The smallest absolute Gasteiger partial charge is 0.168 e. The van der Waals surface area contributed by atoms with Crippen LogP contribution in [-0.2, 0) is 15.6 Å². The molecule has 27 heavy (non-hydrogen) atoms. The third-order valence-corrected chi connectivity index (χ3v) is 4.57. The van der Waals surface area contributed by atoms with Crippen LogP contribution in [0.2, 0.25) is 0 Å². The molecule has 2 rings (SSSR count). The molecule has 0 aliphatic rings. The summed E-state index contributed by atoms with van der Waals surface area (Å²) in [5, 5.41) is 20.5. The second-order valence-corrected chi connectivity index (χ2v) is 6.81. The van der Waals surface area contributed by atoms with E-state index in [4.69, 9.17) is 9.47 Å². The summed E-state index contributed by atoms with van der Waals surface area (Å²) in [5.41, 5.74) is 1.37. The molecule has 0 fully saturated rings. The van der Waals surface area contributed by atoms with Crippen LogP contribution in [0.4, 0.5) is 0 Å². The van der Waals surface area contributed by atoms with Crippen LogP contribution in [0.3, 0.4) is 0 Å². The van der Waals surface area contributed by atoms with Gasteiger partial charge in [-0.25, -0.2) is 0 Å². The van der Waals surface area contributed by atoms with Gasteiger partial charge in [0.15, 0.2) is 28.8 Å². The van der Waals surface area contributed by atoms with Crippen molar-refractivity contribution >= 4 is 28.7 Å². The third-order valence-electron chi connectivity index (χ3n) is 3.57. The van der Waals surface area contributed by atoms with Gasteiger partial charge in [-0.1, -0.05) is 18.2 Å². The number of phenols is 2. The summed E-state index contributed by atoms with van der Waals surface area (Å²) in [4.78, 5) is 12.0. The minimum Gasteiger partial charge on any atom is -0.504 e. The first kappa shape index (κ1) is 20.3. The summed E-state index contributed by atoms with van der Waals surface area (Å²) in [6.07, 6.45) is 4.50. The summed E-state index contributed by atoms with van der Waals surface area (Å²) < 4.78 is 22.1. The number of benzene rings is 2. The molecular formula is C20H20O6S. The second-order valence-electron chi connectivity index (χ2n) is 5.49. The molecule has 1 unspecified atom stereocenters. The molecule has 6 nitrogen and oxygen atoms in total. The molecule has 0 aliphatic heterocycles. The van der Waals surface area contributed by atoms with Crippen molar-refractivity contribution in [2.24, 2.45) is 0 Å². The SMILES string of the molecule is COc1cc(C=CS(=O)CC(=O)/C=C/c2ccc(O)c(OC)c2)ccc1O. The van der Waals surface area contributed by atoms with E-state index in [9.17, 15) is 19.2 Å². The lowest BCUT2D eigenvalue weighted by Gasteiger charge is -2.03. The van der Waals surface area contributed by atoms with Crippen molar-refractivity contribution in [2.75, 3.05) is 20.0 Å². The summed E-state index contributed by atoms with van der Waals surface area (Å²) >= 11 is 0. The lowest BCUT2D eigenvalue weighted by atomic mass is 10.2. The molecule has 142 valence electrons. The lowest BCUT2D eigenvalue weighted by molar-refractivity contribution is -0.112. The molecule has 0 aromatic heterocycles. The molecule has 7 heteroatoms. The molecule has 0 saturated carbocycles. The summed E-state index contributed by atoms with van der Waals surface area (Å²) in [5.74, 6) is 0.192. The maximum Gasteiger partial charge on any atom is 0.168 e. The Morgan fingerprint density at radius 3 is 2.00 bits per heavy atom. The Hall–Kier alpha value is -3.06. The van der Waals surface area contributed by atoms with Crippen LogP contribution in [0.15, 0.2) is 47.9 Å². The molecule has 0 saturated heterocycles. The monoisotopic (exact) mass is 388 g/mol. The Kier molecular flexibility index (Phi) is 7.19. The number of methoxy groups -OCH3 is 2. The average molecular weight is 388 g/mol. The fourth-order valence-electron chi connectivity index (χ4n) is 2.18. The number of carbonyl (C=O) groups excluding carboxylic acids is 1. The molecule has 2 aromatic rings. The van der Waals surface area contributed by atoms with E-state index < -0.39 is 10.8 Å². The van der Waals surface area contributed by atoms with Gasteiger partial charge in [0, 0.05) is 5.41 Å². The fraction of sp³-hybridized carbons (Fsp3) is 0.150. The number of aromatic hydroxyl groups is 2. The molecular weight excluding hydrogens is 368 g/mol. The minimum atomic E-state index is -1.48. The molecule has 0 aliphatic carbocycles. The normalized spacial score (nSPS) is 12.4. The Bertz CT molecular complexity index is 828. The van der Waals surface area contributed by atoms with Crippen molar-refractivity contribution < 1.29 is 28.7 Å². The first-order valence-corrected chi connectivity index (χ1v) is 9.31. The van der Waals surface area contributed by atoms with Crippen molar-refractivity contribution in [3.8, 4) is 23.0 Å². The van der Waals surface area contributed by atoms with Gasteiger partial charge in [0.25, 0.3) is 0 Å². The number of ether oxygens (including phenoxy) is 2. The van der Waals surface area contributed by atoms with Crippen LogP contribution < -0.4 is 9.47 Å². The maximum absolute atomic E-state index is 12.0. The van der Waals surface area contributed by atoms with Crippen molar-refractivity contribution in [3.63, 3.8) is 0 Å². The first-order valence-electron chi connectivity index (χ1n) is 7.93. The highest BCUT2D eigenvalue weighted by atomic mass is 32.2. The van der Waals surface area contributed by atoms with E-state index in [-0.39, 0.29) is 23.0 Å². The zero-order valence-electron chi connectivity index (χ0n) is 14.9. The number of ketones is 1. The van der Waals surface area contributed by atoms with Gasteiger partial charge in [0.2, 0.25) is 0 Å². The second kappa shape index (κ2) is 9.59. The number of hydrogen-bond donors (Lipinski definition) is 2. The van der Waals surface area contributed by atoms with Crippen molar-refractivity contribution in [1.29, 1.82) is 0 Å². The maximum atomic E-state index is 12.0. The van der Waals surface area contributed by atoms with E-state index in [1.165, 1.54) is 37.8 Å². The van der Waals surface area contributed by atoms with Crippen molar-refractivity contribution in [3.05, 3.63) is 59.0 Å². The van der Waals surface area contributed by atoms with Gasteiger partial charge < -0.3 is 19.7 Å². The van der Waals surface area contributed by atoms with Crippen LogP contribution in [-0.4, -0.2) is 40.2 Å². The van der Waals surface area contributed by atoms with Crippen LogP contribution in [0, 0.1) is 0 Å². The summed E-state index contributed by atoms with van der Waals surface area (Å²) in [6, 6.07) is 9.41. The van der Waals surface area contributed by atoms with Gasteiger partial charge in [-0.3, -0.25) is 9.00 Å². The molecule has 2 aromatic carbocycles. The number of hydrogen-bond acceptors (Lipinski definition) is 6. The van der Waals surface area contributed by atoms with E-state index in [0.29, 0.717) is 22.6 Å². The van der Waals surface area contributed by atoms with E-state index in [2.05, 4.69) is 0 Å². The molecule has 0 radical (unpaired) electrons. The van der Waals surface area contributed by atoms with Gasteiger partial charge in [0.05, 0.1) is 30.8 Å². The first-order chi connectivity index (χ1) is 12.9. The highest BCUT2D eigenvalue weighted by Crippen LogP contribution is 2.27. The molecule has 0 amide bonds. The molecule has 0 bridgehead atoms. The van der Waals surface area contributed by atoms with E-state index in [1.54, 1.807) is 36.4 Å². The van der Waals surface area contributed by atoms with Gasteiger partial charge in [-0.15, -0.1) is 0 Å². The van der Waals surface area contributed by atoms with Gasteiger partial charge in [-0.05, 0) is 47.5 Å². The van der Waals surface area contributed by atoms with Crippen molar-refractivity contribution in [1.82, 2.24) is 0 Å². The topological polar surface area (TPSA) is 93.1 Å². The number of carbonyl (C=O) groups is 1. The van der Waals surface area contributed by atoms with Gasteiger partial charge in [0.1, 0.15) is 0 Å². The Morgan fingerprint density at radius 2 is 1.48 bits per heavy atom. The highest BCUT2D eigenvalue weighted by Gasteiger charge is 2.05. The predicted octanol–water partition coefficient (Wildman–Crippen LogP) is 3.12. The number of phenolic OH excluding ortho intramolecular Hbond substituents is 2. The molecule has 2 N–H and O–H groups in total. The number of rotatable bonds is 8. The van der Waals surface area contributed by atoms with Gasteiger partial charge in [-0.2, -0.15) is 0 Å². The van der Waals surface area contributed by atoms with E-state index in [0.717, 1.165) is 0 Å². The Labute approximate surface area is 159 Å². The zero-order chi connectivity index (χ0) is 19.8. The lowest BCUT2D eigenvalue weighted by Crippen LogP contribution is -2.05. The van der Waals surface area contributed by atoms with Crippen LogP contribution in [0.25, 0.3) is 12.2 Å². The average Bonchev–Trinajstić information content (AvgIpc) is 2.66. The van der Waals surface area contributed by atoms with E-state index in [1.807, 2.05) is 0 Å². The quantitative estimate of drug-likeness (QED) is 0.675. The predicted molar refractivity (Wildman–Crippen MR) is 105 cm³/mol. The summed E-state index contributed by atoms with van der Waals surface area (Å²) in [6.45, 7) is 0. The largest absolute Gasteiger partial charge is 0.504 e. The van der Waals surface area contributed by atoms with Crippen LogP contribution in [0.5, 0.6) is 23.0 Å². The van der Waals surface area contributed by atoms with Gasteiger partial charge >= 0.3 is 0 Å². The Morgan fingerprint density at radius 1 is 0.963 bits per heavy atom. The highest BCUT2D eigenvalue weighted by molar-refractivity contribution is 7.88. The number of allylic oxidation sites excluding steroid dienone is 1. The molecule has 0 heterocycles. The Balaban J connectivity index is 1.96. The summed E-state index contributed by atoms with van der Waals surface area (Å²) in [7, 11) is 1.40. The fourth-order valence-corrected chi connectivity index (χ4v) is 2.96. The van der Waals surface area contributed by atoms with E-state index >= 15 is 0 Å². The minimum absolute atomic E-state index is 0.0121. The third kappa shape index (κ3) is 6.00. The standard InChI is InChI=1S/C20H20O6S/c1-25-19-11-14(4-7-17(19)22)3-6-16(21)13-27(24)10-9-15-5-8-18(23)20(12-15)26-2/h3-12,22-23H,13H2,1-2H3/b6-3+,10-9?. The van der Waals surface area contributed by atoms with Crippen LogP contribution >= 0.6 is 0 Å². The zero-order valence-corrected chi connectivity index (χ0v) is 15.7. The van der Waals surface area contributed by atoms with Crippen LogP contribution in [0.1, 0.15) is 11.1 Å².